The lowest BCUT2D eigenvalue weighted by atomic mass is 10.3. The first-order valence-electron chi connectivity index (χ1n) is 7.04. The molecule has 0 spiro atoms. The van der Waals surface area contributed by atoms with Gasteiger partial charge in [-0.1, -0.05) is 24.9 Å². The summed E-state index contributed by atoms with van der Waals surface area (Å²) in [5, 5.41) is 1.48. The number of nitrogens with zero attached hydrogens (tertiary/aromatic N) is 3. The number of amides is 1. The first-order chi connectivity index (χ1) is 10.1. The van der Waals surface area contributed by atoms with Crippen molar-refractivity contribution in [1.82, 2.24) is 14.5 Å². The van der Waals surface area contributed by atoms with E-state index >= 15 is 0 Å². The first-order valence-corrected chi connectivity index (χ1v) is 8.40. The maximum atomic E-state index is 10.8. The van der Waals surface area contributed by atoms with Crippen molar-refractivity contribution in [2.24, 2.45) is 5.73 Å². The van der Waals surface area contributed by atoms with E-state index in [-0.39, 0.29) is 5.91 Å². The van der Waals surface area contributed by atoms with Crippen molar-refractivity contribution in [2.45, 2.75) is 44.2 Å². The lowest BCUT2D eigenvalue weighted by molar-refractivity contribution is -0.118. The molecule has 0 saturated heterocycles. The number of thioether (sulfide) groups is 1. The molecule has 0 fully saturated rings. The van der Waals surface area contributed by atoms with Crippen LogP contribution in [0, 0.1) is 0 Å². The van der Waals surface area contributed by atoms with Crippen molar-refractivity contribution in [1.29, 1.82) is 0 Å². The largest absolute Gasteiger partial charge is 0.370 e. The lowest BCUT2D eigenvalue weighted by Gasteiger charge is -2.07. The summed E-state index contributed by atoms with van der Waals surface area (Å²) in [6.45, 7) is 3.06. The predicted octanol–water partition coefficient (Wildman–Crippen LogP) is 3.24. The summed E-state index contributed by atoms with van der Waals surface area (Å²) < 4.78 is 2.11. The Kier molecular flexibility index (Phi) is 5.87. The average Bonchev–Trinajstić information content (AvgIpc) is 2.88. The minimum atomic E-state index is -0.266. The van der Waals surface area contributed by atoms with Gasteiger partial charge in [-0.05, 0) is 12.8 Å². The highest BCUT2D eigenvalue weighted by Crippen LogP contribution is 2.30. The number of unbranched alkanes of at least 4 members (excludes halogenated alkanes) is 1. The number of primary amides is 1. The van der Waals surface area contributed by atoms with Crippen LogP contribution >= 0.6 is 23.4 Å². The van der Waals surface area contributed by atoms with Crippen LogP contribution in [-0.2, 0) is 11.3 Å². The third-order valence-electron chi connectivity index (χ3n) is 3.12. The van der Waals surface area contributed by atoms with E-state index in [0.717, 1.165) is 47.6 Å². The highest BCUT2D eigenvalue weighted by atomic mass is 35.5. The van der Waals surface area contributed by atoms with Crippen molar-refractivity contribution >= 4 is 40.3 Å². The molecule has 7 heteroatoms. The van der Waals surface area contributed by atoms with Gasteiger partial charge in [-0.15, -0.1) is 11.8 Å². The molecule has 2 heterocycles. The lowest BCUT2D eigenvalue weighted by Crippen LogP contribution is -2.10. The number of fused-ring (bicyclic) bond motifs is 1. The minimum absolute atomic E-state index is 0.266. The van der Waals surface area contributed by atoms with Gasteiger partial charge < -0.3 is 10.3 Å². The van der Waals surface area contributed by atoms with Crippen LogP contribution in [-0.4, -0.2) is 26.2 Å². The summed E-state index contributed by atoms with van der Waals surface area (Å²) >= 11 is 7.78. The molecule has 0 atom stereocenters. The van der Waals surface area contributed by atoms with Crippen LogP contribution in [0.25, 0.3) is 11.0 Å². The summed E-state index contributed by atoms with van der Waals surface area (Å²) in [5.74, 6) is 0.531. The van der Waals surface area contributed by atoms with Gasteiger partial charge in [0.15, 0.2) is 0 Å². The van der Waals surface area contributed by atoms with Gasteiger partial charge in [0.2, 0.25) is 5.91 Å². The molecule has 0 bridgehead atoms. The van der Waals surface area contributed by atoms with Gasteiger partial charge in [0, 0.05) is 24.9 Å². The number of carbonyl (C=O) groups excluding carboxylic acids is 1. The maximum absolute atomic E-state index is 10.8. The van der Waals surface area contributed by atoms with E-state index in [1.165, 1.54) is 0 Å². The molecular weight excluding hydrogens is 308 g/mol. The van der Waals surface area contributed by atoms with Crippen LogP contribution in [0.4, 0.5) is 0 Å². The molecule has 0 aliphatic carbocycles. The Morgan fingerprint density at radius 1 is 1.43 bits per heavy atom. The zero-order valence-corrected chi connectivity index (χ0v) is 13.6. The molecule has 0 aromatic carbocycles. The quantitative estimate of drug-likeness (QED) is 0.597. The zero-order chi connectivity index (χ0) is 15.2. The van der Waals surface area contributed by atoms with Crippen LogP contribution in [0.2, 0.25) is 5.02 Å². The highest BCUT2D eigenvalue weighted by molar-refractivity contribution is 7.99. The van der Waals surface area contributed by atoms with Crippen molar-refractivity contribution in [3.63, 3.8) is 0 Å². The number of imidazole rings is 1. The Morgan fingerprint density at radius 3 is 2.95 bits per heavy atom. The van der Waals surface area contributed by atoms with Crippen molar-refractivity contribution < 1.29 is 4.79 Å². The molecule has 2 aromatic heterocycles. The summed E-state index contributed by atoms with van der Waals surface area (Å²) in [7, 11) is 0. The molecule has 0 unspecified atom stereocenters. The number of pyridine rings is 1. The van der Waals surface area contributed by atoms with Crippen molar-refractivity contribution in [3.05, 3.63) is 17.5 Å². The molecule has 2 N–H and O–H groups in total. The number of rotatable bonds is 8. The normalized spacial score (nSPS) is 11.1. The second-order valence-electron chi connectivity index (χ2n) is 4.82. The number of carbonyl (C=O) groups is 1. The van der Waals surface area contributed by atoms with E-state index in [9.17, 15) is 4.79 Å². The fourth-order valence-electron chi connectivity index (χ4n) is 2.04. The number of aromatic nitrogens is 3. The van der Waals surface area contributed by atoms with Gasteiger partial charge in [-0.3, -0.25) is 4.79 Å². The van der Waals surface area contributed by atoms with E-state index in [2.05, 4.69) is 21.5 Å². The molecule has 21 heavy (non-hydrogen) atoms. The maximum Gasteiger partial charge on any atom is 0.217 e. The summed E-state index contributed by atoms with van der Waals surface area (Å²) in [6.07, 6.45) is 6.81. The van der Waals surface area contributed by atoms with E-state index in [1.54, 1.807) is 18.0 Å². The fourth-order valence-corrected chi connectivity index (χ4v) is 3.18. The van der Waals surface area contributed by atoms with E-state index in [0.29, 0.717) is 11.4 Å². The third-order valence-corrected chi connectivity index (χ3v) is 4.46. The molecule has 0 aliphatic rings. The number of aryl methyl sites for hydroxylation is 1. The van der Waals surface area contributed by atoms with Gasteiger partial charge in [-0.2, -0.15) is 0 Å². The first kappa shape index (κ1) is 16.1. The minimum Gasteiger partial charge on any atom is -0.370 e. The van der Waals surface area contributed by atoms with Gasteiger partial charge in [0.1, 0.15) is 16.1 Å². The van der Waals surface area contributed by atoms with Gasteiger partial charge in [0.05, 0.1) is 11.3 Å². The topological polar surface area (TPSA) is 73.8 Å². The Labute approximate surface area is 133 Å². The number of nitrogens with two attached hydrogens (primary N) is 1. The average molecular weight is 327 g/mol. The Bertz CT molecular complexity index is 629. The summed E-state index contributed by atoms with van der Waals surface area (Å²) in [6, 6.07) is 0. The monoisotopic (exact) mass is 326 g/mol. The zero-order valence-electron chi connectivity index (χ0n) is 12.0. The van der Waals surface area contributed by atoms with Gasteiger partial charge in [0.25, 0.3) is 0 Å². The molecule has 114 valence electrons. The third kappa shape index (κ3) is 4.11. The second kappa shape index (κ2) is 7.66. The molecule has 0 saturated carbocycles. The molecule has 1 amide bonds. The number of halogens is 1. The van der Waals surface area contributed by atoms with E-state index in [1.807, 2.05) is 6.33 Å². The SMILES string of the molecule is CCCCn1cnc2c(Cl)cnc(SCCCC(N)=O)c21. The molecule has 0 aliphatic heterocycles. The smallest absolute Gasteiger partial charge is 0.217 e. The fraction of sp³-hybridized carbons (Fsp3) is 0.500. The van der Waals surface area contributed by atoms with Crippen LogP contribution in [0.3, 0.4) is 0 Å². The van der Waals surface area contributed by atoms with Crippen molar-refractivity contribution in [3.8, 4) is 0 Å². The Hall–Kier alpha value is -1.27. The van der Waals surface area contributed by atoms with Gasteiger partial charge in [-0.25, -0.2) is 9.97 Å². The Balaban J connectivity index is 2.19. The highest BCUT2D eigenvalue weighted by Gasteiger charge is 2.13. The Morgan fingerprint density at radius 2 is 2.24 bits per heavy atom. The van der Waals surface area contributed by atoms with Crippen LogP contribution in [0.15, 0.2) is 17.6 Å². The van der Waals surface area contributed by atoms with Crippen LogP contribution in [0.5, 0.6) is 0 Å². The number of hydrogen-bond donors (Lipinski definition) is 1. The second-order valence-corrected chi connectivity index (χ2v) is 6.31. The predicted molar refractivity (Wildman–Crippen MR) is 86.6 cm³/mol. The summed E-state index contributed by atoms with van der Waals surface area (Å²) in [4.78, 5) is 19.6. The van der Waals surface area contributed by atoms with E-state index in [4.69, 9.17) is 17.3 Å². The van der Waals surface area contributed by atoms with Crippen molar-refractivity contribution in [2.75, 3.05) is 5.75 Å². The molecule has 0 radical (unpaired) electrons. The summed E-state index contributed by atoms with van der Waals surface area (Å²) in [5.41, 5.74) is 6.93. The van der Waals surface area contributed by atoms with Crippen LogP contribution in [0.1, 0.15) is 32.6 Å². The standard InChI is InChI=1S/C14H19ClN4OS/c1-2-3-6-19-9-18-12-10(15)8-17-14(13(12)19)21-7-4-5-11(16)20/h8-9H,2-7H2,1H3,(H2,16,20). The molecule has 2 rings (SSSR count). The van der Waals surface area contributed by atoms with Gasteiger partial charge >= 0.3 is 0 Å². The van der Waals surface area contributed by atoms with E-state index < -0.39 is 0 Å². The molecule has 5 nitrogen and oxygen atoms in total. The number of hydrogen-bond acceptors (Lipinski definition) is 4. The molecule has 2 aromatic rings. The molecular formula is C14H19ClN4OS. The van der Waals surface area contributed by atoms with Crippen LogP contribution < -0.4 is 5.73 Å².